The lowest BCUT2D eigenvalue weighted by atomic mass is 9.45. The first kappa shape index (κ1) is 30.6. The number of carboxylic acid groups (broad SMARTS) is 1. The maximum absolute atomic E-state index is 12.6. The molecular weight excluding hydrogens is 520 g/mol. The van der Waals surface area contributed by atoms with Crippen LogP contribution in [0.1, 0.15) is 72.6 Å². The van der Waals surface area contributed by atoms with Crippen LogP contribution >= 0.6 is 0 Å². The molecule has 224 valence electrons. The predicted octanol–water partition coefficient (Wildman–Crippen LogP) is 1.17. The summed E-state index contributed by atoms with van der Waals surface area (Å²) in [6, 6.07) is 0. The highest BCUT2D eigenvalue weighted by atomic mass is 16.6. The normalized spacial score (nSPS) is 38.9. The Labute approximate surface area is 234 Å². The third kappa shape index (κ3) is 4.99. The van der Waals surface area contributed by atoms with Crippen molar-refractivity contribution in [2.24, 2.45) is 39.2 Å². The number of carbonyl (C=O) groups excluding carboxylic acids is 2. The van der Waals surface area contributed by atoms with Crippen LogP contribution in [-0.2, 0) is 19.2 Å². The van der Waals surface area contributed by atoms with E-state index in [4.69, 9.17) is 9.94 Å². The summed E-state index contributed by atoms with van der Waals surface area (Å²) < 4.78 is 0. The number of carboxylic acids is 1. The molecule has 0 aliphatic heterocycles. The summed E-state index contributed by atoms with van der Waals surface area (Å²) >= 11 is 0. The molecule has 3 saturated carbocycles. The van der Waals surface area contributed by atoms with Crippen LogP contribution in [0.15, 0.2) is 16.8 Å². The molecule has 40 heavy (non-hydrogen) atoms. The molecule has 8 atom stereocenters. The second kappa shape index (κ2) is 10.8. The molecule has 0 heterocycles. The number of Topliss-reactive ketones (excluding diaryl/α,β-unsaturated/α-hetero) is 1. The fourth-order valence-corrected chi connectivity index (χ4v) is 8.35. The molecule has 0 radical (unpaired) electrons. The number of aliphatic carboxylic acids is 1. The third-order valence-electron chi connectivity index (χ3n) is 10.8. The maximum Gasteiger partial charge on any atom is 0.333 e. The van der Waals surface area contributed by atoms with E-state index < -0.39 is 52.9 Å². The van der Waals surface area contributed by atoms with Gasteiger partial charge in [-0.25, -0.2) is 4.79 Å². The number of nitrogens with zero attached hydrogens (tertiary/aromatic N) is 1. The first-order valence-electron chi connectivity index (χ1n) is 14.2. The zero-order valence-corrected chi connectivity index (χ0v) is 23.9. The van der Waals surface area contributed by atoms with Crippen LogP contribution in [0.4, 0.5) is 0 Å². The van der Waals surface area contributed by atoms with Gasteiger partial charge >= 0.3 is 5.97 Å². The Morgan fingerprint density at radius 3 is 2.55 bits per heavy atom. The average Bonchev–Trinajstić information content (AvgIpc) is 3.17. The van der Waals surface area contributed by atoms with E-state index in [2.05, 4.69) is 17.4 Å². The van der Waals surface area contributed by atoms with E-state index in [0.29, 0.717) is 31.4 Å². The van der Waals surface area contributed by atoms with Gasteiger partial charge in [0.2, 0.25) is 0 Å². The molecule has 11 heteroatoms. The van der Waals surface area contributed by atoms with Gasteiger partial charge in [-0.05, 0) is 74.2 Å². The summed E-state index contributed by atoms with van der Waals surface area (Å²) in [7, 11) is 0. The second-order valence-electron chi connectivity index (χ2n) is 13.5. The van der Waals surface area contributed by atoms with E-state index in [0.717, 1.165) is 19.3 Å². The molecule has 0 bridgehead atoms. The van der Waals surface area contributed by atoms with Crippen molar-refractivity contribution in [2.75, 3.05) is 19.8 Å². The first-order chi connectivity index (χ1) is 18.6. The van der Waals surface area contributed by atoms with Crippen LogP contribution in [-0.4, -0.2) is 86.5 Å². The number of fused-ring (bicyclic) bond motifs is 5. The van der Waals surface area contributed by atoms with Crippen LogP contribution in [0.5, 0.6) is 0 Å². The SMILES string of the molecule is CC(C)(CNC(=O)CO/N=C1/C=C2CC[C@@H]3[C@H]([C@H](O)C[C@@]4(C)[C@@H]3CC[C@]4(O)C(=O)CO)[C@@]2(C)CC1)[C@H](O)C(=O)O. The minimum Gasteiger partial charge on any atom is -0.479 e. The lowest BCUT2D eigenvalue weighted by molar-refractivity contribution is -0.181. The van der Waals surface area contributed by atoms with E-state index in [1.165, 1.54) is 5.57 Å². The van der Waals surface area contributed by atoms with Crippen molar-refractivity contribution in [3.8, 4) is 0 Å². The highest BCUT2D eigenvalue weighted by Crippen LogP contribution is 2.67. The van der Waals surface area contributed by atoms with Crippen molar-refractivity contribution >= 4 is 23.4 Å². The number of aliphatic hydroxyl groups is 4. The van der Waals surface area contributed by atoms with Gasteiger partial charge in [-0.2, -0.15) is 0 Å². The molecule has 6 N–H and O–H groups in total. The summed E-state index contributed by atoms with van der Waals surface area (Å²) in [5.41, 5.74) is -1.83. The molecule has 0 spiro atoms. The van der Waals surface area contributed by atoms with Gasteiger partial charge in [-0.3, -0.25) is 9.59 Å². The molecular formula is C29H44N2O9. The maximum atomic E-state index is 12.6. The number of rotatable bonds is 9. The monoisotopic (exact) mass is 564 g/mol. The summed E-state index contributed by atoms with van der Waals surface area (Å²) in [5, 5.41) is 57.9. The Morgan fingerprint density at radius 1 is 1.20 bits per heavy atom. The van der Waals surface area contributed by atoms with E-state index in [9.17, 15) is 34.8 Å². The predicted molar refractivity (Wildman–Crippen MR) is 144 cm³/mol. The number of ketones is 1. The van der Waals surface area contributed by atoms with E-state index in [1.54, 1.807) is 13.8 Å². The van der Waals surface area contributed by atoms with Gasteiger partial charge in [0.1, 0.15) is 12.2 Å². The molecule has 0 saturated heterocycles. The van der Waals surface area contributed by atoms with E-state index in [-0.39, 0.29) is 36.3 Å². The van der Waals surface area contributed by atoms with Crippen LogP contribution in [0.2, 0.25) is 0 Å². The van der Waals surface area contributed by atoms with Gasteiger partial charge in [0.15, 0.2) is 18.5 Å². The zero-order valence-electron chi connectivity index (χ0n) is 23.9. The van der Waals surface area contributed by atoms with E-state index >= 15 is 0 Å². The fraction of sp³-hybridized carbons (Fsp3) is 0.793. The van der Waals surface area contributed by atoms with Crippen LogP contribution in [0.3, 0.4) is 0 Å². The van der Waals surface area contributed by atoms with Crippen molar-refractivity contribution in [3.05, 3.63) is 11.6 Å². The standard InChI is InChI=1S/C29H44N2O9/c1-26(2,24(36)25(37)38)15-30-22(35)14-40-31-17-7-9-27(3)16(11-17)5-6-18-19-8-10-29(39,21(34)13-32)28(19,4)12-20(33)23(18)27/h11,18-20,23-24,32-33,36,39H,5-10,12-15H2,1-4H3,(H,30,35)(H,37,38)/b31-17+/t18-,19+,20+,23+,24+,27-,28-,29-/m0/s1. The Kier molecular flexibility index (Phi) is 8.28. The third-order valence-corrected chi connectivity index (χ3v) is 10.8. The summed E-state index contributed by atoms with van der Waals surface area (Å²) in [6.07, 6.45) is 3.96. The Morgan fingerprint density at radius 2 is 1.90 bits per heavy atom. The quantitative estimate of drug-likeness (QED) is 0.224. The largest absolute Gasteiger partial charge is 0.479 e. The smallest absolute Gasteiger partial charge is 0.333 e. The van der Waals surface area contributed by atoms with E-state index in [1.807, 2.05) is 13.0 Å². The number of allylic oxidation sites excluding steroid dienone is 2. The second-order valence-corrected chi connectivity index (χ2v) is 13.5. The summed E-state index contributed by atoms with van der Waals surface area (Å²) in [4.78, 5) is 41.1. The molecule has 4 aliphatic rings. The van der Waals surface area contributed by atoms with Gasteiger partial charge in [0.05, 0.1) is 11.8 Å². The minimum atomic E-state index is -1.62. The Hall–Kier alpha value is -2.34. The summed E-state index contributed by atoms with van der Waals surface area (Å²) in [5.74, 6) is -2.18. The lowest BCUT2D eigenvalue weighted by Crippen LogP contribution is -2.62. The molecule has 0 aromatic rings. The van der Waals surface area contributed by atoms with Crippen LogP contribution in [0, 0.1) is 34.0 Å². The Balaban J connectivity index is 1.41. The van der Waals surface area contributed by atoms with Crippen molar-refractivity contribution in [1.29, 1.82) is 0 Å². The average molecular weight is 565 g/mol. The Bertz CT molecular complexity index is 1100. The number of carbonyl (C=O) groups is 3. The molecule has 1 amide bonds. The molecule has 3 fully saturated rings. The topological polar surface area (TPSA) is 186 Å². The zero-order chi connectivity index (χ0) is 29.7. The first-order valence-corrected chi connectivity index (χ1v) is 14.2. The van der Waals surface area contributed by atoms with Crippen molar-refractivity contribution < 1.29 is 44.8 Å². The van der Waals surface area contributed by atoms with Gasteiger partial charge in [-0.15, -0.1) is 0 Å². The molecule has 0 aromatic carbocycles. The minimum absolute atomic E-state index is 0.0186. The molecule has 0 aromatic heterocycles. The summed E-state index contributed by atoms with van der Waals surface area (Å²) in [6.45, 7) is 6.07. The van der Waals surface area contributed by atoms with Crippen molar-refractivity contribution in [3.63, 3.8) is 0 Å². The highest BCUT2D eigenvalue weighted by Gasteiger charge is 2.68. The molecule has 0 unspecified atom stereocenters. The number of aliphatic hydroxyl groups excluding tert-OH is 3. The van der Waals surface area contributed by atoms with Crippen molar-refractivity contribution in [1.82, 2.24) is 5.32 Å². The van der Waals surface area contributed by atoms with Gasteiger partial charge < -0.3 is 35.7 Å². The number of oxime groups is 1. The number of nitrogens with one attached hydrogen (secondary N) is 1. The highest BCUT2D eigenvalue weighted by molar-refractivity contribution is 5.96. The molecule has 4 rings (SSSR count). The van der Waals surface area contributed by atoms with Crippen LogP contribution in [0.25, 0.3) is 0 Å². The molecule has 11 nitrogen and oxygen atoms in total. The van der Waals surface area contributed by atoms with Crippen LogP contribution < -0.4 is 5.32 Å². The van der Waals surface area contributed by atoms with Gasteiger partial charge in [0, 0.05) is 17.4 Å². The lowest BCUT2D eigenvalue weighted by Gasteiger charge is -2.60. The van der Waals surface area contributed by atoms with Crippen molar-refractivity contribution in [2.45, 2.75) is 90.4 Å². The number of amides is 1. The molecule has 4 aliphatic carbocycles. The van der Waals surface area contributed by atoms with Gasteiger partial charge in [-0.1, -0.05) is 38.4 Å². The number of hydrogen-bond acceptors (Lipinski definition) is 9. The number of hydrogen-bond donors (Lipinski definition) is 6. The fourth-order valence-electron chi connectivity index (χ4n) is 8.35. The van der Waals surface area contributed by atoms with Gasteiger partial charge in [0.25, 0.3) is 5.91 Å².